The van der Waals surface area contributed by atoms with Crippen LogP contribution < -0.4 is 15.2 Å². The van der Waals surface area contributed by atoms with Crippen molar-refractivity contribution < 1.29 is 9.47 Å². The average Bonchev–Trinajstić information content (AvgIpc) is 2.51. The van der Waals surface area contributed by atoms with Crippen molar-refractivity contribution in [3.05, 3.63) is 53.1 Å². The van der Waals surface area contributed by atoms with Crippen LogP contribution in [0.25, 0.3) is 10.9 Å². The van der Waals surface area contributed by atoms with Crippen LogP contribution in [0.2, 0.25) is 0 Å². The van der Waals surface area contributed by atoms with Gasteiger partial charge in [0.2, 0.25) is 0 Å². The molecule has 0 unspecified atom stereocenters. The molecule has 3 aromatic rings. The zero-order valence-electron chi connectivity index (χ0n) is 11.3. The summed E-state index contributed by atoms with van der Waals surface area (Å²) in [5.74, 6) is 2.16. The van der Waals surface area contributed by atoms with E-state index in [2.05, 4.69) is 20.9 Å². The third-order valence-electron chi connectivity index (χ3n) is 3.10. The summed E-state index contributed by atoms with van der Waals surface area (Å²) in [6, 6.07) is 13.0. The number of benzene rings is 2. The van der Waals surface area contributed by atoms with E-state index in [1.165, 1.54) is 0 Å². The number of fused-ring (bicyclic) bond motifs is 1. The average molecular weight is 345 g/mol. The summed E-state index contributed by atoms with van der Waals surface area (Å²) in [5.41, 5.74) is 7.39. The highest BCUT2D eigenvalue weighted by Crippen LogP contribution is 2.33. The fourth-order valence-corrected chi connectivity index (χ4v) is 2.37. The van der Waals surface area contributed by atoms with Crippen molar-refractivity contribution in [1.82, 2.24) is 4.98 Å². The van der Waals surface area contributed by atoms with E-state index in [0.29, 0.717) is 17.2 Å². The normalized spacial score (nSPS) is 10.6. The van der Waals surface area contributed by atoms with Crippen LogP contribution in [0.4, 0.5) is 5.69 Å². The van der Waals surface area contributed by atoms with Gasteiger partial charge in [0.15, 0.2) is 5.75 Å². The molecule has 0 radical (unpaired) electrons. The first-order valence-corrected chi connectivity index (χ1v) is 7.12. The summed E-state index contributed by atoms with van der Waals surface area (Å²) in [4.78, 5) is 4.39. The van der Waals surface area contributed by atoms with Crippen molar-refractivity contribution in [2.75, 3.05) is 12.8 Å². The second-order valence-electron chi connectivity index (χ2n) is 4.48. The monoisotopic (exact) mass is 344 g/mol. The van der Waals surface area contributed by atoms with Gasteiger partial charge < -0.3 is 15.2 Å². The van der Waals surface area contributed by atoms with E-state index in [1.54, 1.807) is 13.3 Å². The number of aromatic nitrogens is 1. The first kappa shape index (κ1) is 13.7. The second kappa shape index (κ2) is 5.61. The van der Waals surface area contributed by atoms with Gasteiger partial charge in [0, 0.05) is 21.7 Å². The third-order valence-corrected chi connectivity index (χ3v) is 3.53. The van der Waals surface area contributed by atoms with Crippen molar-refractivity contribution in [1.29, 1.82) is 0 Å². The Morgan fingerprint density at radius 1 is 1.05 bits per heavy atom. The van der Waals surface area contributed by atoms with Gasteiger partial charge in [-0.25, -0.2) is 0 Å². The molecule has 21 heavy (non-hydrogen) atoms. The Morgan fingerprint density at radius 2 is 1.76 bits per heavy atom. The highest BCUT2D eigenvalue weighted by molar-refractivity contribution is 9.10. The highest BCUT2D eigenvalue weighted by Gasteiger charge is 2.08. The molecule has 1 aromatic heterocycles. The lowest BCUT2D eigenvalue weighted by Gasteiger charge is -2.10. The Morgan fingerprint density at radius 3 is 2.48 bits per heavy atom. The topological polar surface area (TPSA) is 57.4 Å². The molecule has 0 fully saturated rings. The Bertz CT molecular complexity index is 788. The molecular formula is C16H13BrN2O2. The molecule has 0 spiro atoms. The smallest absolute Gasteiger partial charge is 0.153 e. The van der Waals surface area contributed by atoms with E-state index < -0.39 is 0 Å². The molecule has 0 aliphatic heterocycles. The van der Waals surface area contributed by atoms with Gasteiger partial charge in [0.05, 0.1) is 7.11 Å². The maximum Gasteiger partial charge on any atom is 0.153 e. The fourth-order valence-electron chi connectivity index (χ4n) is 2.04. The SMILES string of the molecule is COc1ccc(Oc2ccc(N)c3cc(Br)cnc23)cc1. The van der Waals surface area contributed by atoms with Gasteiger partial charge in [-0.1, -0.05) is 0 Å². The molecule has 106 valence electrons. The lowest BCUT2D eigenvalue weighted by molar-refractivity contribution is 0.413. The van der Waals surface area contributed by atoms with Crippen molar-refractivity contribution >= 4 is 32.5 Å². The zero-order valence-corrected chi connectivity index (χ0v) is 12.9. The van der Waals surface area contributed by atoms with E-state index >= 15 is 0 Å². The summed E-state index contributed by atoms with van der Waals surface area (Å²) in [6.07, 6.45) is 1.72. The van der Waals surface area contributed by atoms with E-state index in [-0.39, 0.29) is 0 Å². The summed E-state index contributed by atoms with van der Waals surface area (Å²) < 4.78 is 11.9. The Balaban J connectivity index is 2.02. The van der Waals surface area contributed by atoms with Gasteiger partial charge in [0.25, 0.3) is 0 Å². The quantitative estimate of drug-likeness (QED) is 0.716. The number of nitrogens with two attached hydrogens (primary N) is 1. The molecule has 1 heterocycles. The first-order valence-electron chi connectivity index (χ1n) is 6.33. The van der Waals surface area contributed by atoms with Gasteiger partial charge in [-0.2, -0.15) is 0 Å². The molecule has 0 aliphatic carbocycles. The van der Waals surface area contributed by atoms with Gasteiger partial charge in [-0.3, -0.25) is 4.98 Å². The Labute approximate surface area is 130 Å². The minimum absolute atomic E-state index is 0.664. The predicted molar refractivity (Wildman–Crippen MR) is 86.9 cm³/mol. The summed E-state index contributed by atoms with van der Waals surface area (Å²) >= 11 is 3.40. The van der Waals surface area contributed by atoms with E-state index in [0.717, 1.165) is 21.1 Å². The Hall–Kier alpha value is -2.27. The maximum atomic E-state index is 5.99. The third kappa shape index (κ3) is 2.78. The number of pyridine rings is 1. The zero-order chi connectivity index (χ0) is 14.8. The molecule has 4 nitrogen and oxygen atoms in total. The number of hydrogen-bond acceptors (Lipinski definition) is 4. The van der Waals surface area contributed by atoms with Gasteiger partial charge in [-0.15, -0.1) is 0 Å². The highest BCUT2D eigenvalue weighted by atomic mass is 79.9. The number of rotatable bonds is 3. The van der Waals surface area contributed by atoms with Gasteiger partial charge in [0.1, 0.15) is 17.0 Å². The molecule has 0 bridgehead atoms. The molecule has 0 saturated carbocycles. The molecule has 0 amide bonds. The molecule has 2 N–H and O–H groups in total. The maximum absolute atomic E-state index is 5.99. The van der Waals surface area contributed by atoms with Crippen molar-refractivity contribution in [2.24, 2.45) is 0 Å². The van der Waals surface area contributed by atoms with E-state index in [1.807, 2.05) is 42.5 Å². The largest absolute Gasteiger partial charge is 0.497 e. The van der Waals surface area contributed by atoms with Crippen LogP contribution in [0, 0.1) is 0 Å². The summed E-state index contributed by atoms with van der Waals surface area (Å²) in [6.45, 7) is 0. The molecule has 3 rings (SSSR count). The number of nitrogen functional groups attached to an aromatic ring is 1. The summed E-state index contributed by atoms with van der Waals surface area (Å²) in [5, 5.41) is 0.857. The molecule has 2 aromatic carbocycles. The Kier molecular flexibility index (Phi) is 3.66. The minimum Gasteiger partial charge on any atom is -0.497 e. The van der Waals surface area contributed by atoms with E-state index in [4.69, 9.17) is 15.2 Å². The van der Waals surface area contributed by atoms with Crippen molar-refractivity contribution in [3.63, 3.8) is 0 Å². The molecule has 0 saturated heterocycles. The van der Waals surface area contributed by atoms with Gasteiger partial charge in [-0.05, 0) is 58.4 Å². The molecule has 0 atom stereocenters. The first-order chi connectivity index (χ1) is 10.2. The van der Waals surface area contributed by atoms with Crippen LogP contribution in [-0.2, 0) is 0 Å². The second-order valence-corrected chi connectivity index (χ2v) is 5.40. The number of nitrogens with zero attached hydrogens (tertiary/aromatic N) is 1. The number of halogens is 1. The van der Waals surface area contributed by atoms with Crippen LogP contribution in [-0.4, -0.2) is 12.1 Å². The minimum atomic E-state index is 0.664. The van der Waals surface area contributed by atoms with Crippen LogP contribution >= 0.6 is 15.9 Å². The van der Waals surface area contributed by atoms with Crippen molar-refractivity contribution in [3.8, 4) is 17.2 Å². The lowest BCUT2D eigenvalue weighted by atomic mass is 10.1. The van der Waals surface area contributed by atoms with E-state index in [9.17, 15) is 0 Å². The number of anilines is 1. The molecular weight excluding hydrogens is 332 g/mol. The fraction of sp³-hybridized carbons (Fsp3) is 0.0625. The van der Waals surface area contributed by atoms with Crippen LogP contribution in [0.1, 0.15) is 0 Å². The predicted octanol–water partition coefficient (Wildman–Crippen LogP) is 4.38. The summed E-state index contributed by atoms with van der Waals surface area (Å²) in [7, 11) is 1.63. The number of hydrogen-bond donors (Lipinski definition) is 1. The van der Waals surface area contributed by atoms with Crippen LogP contribution in [0.3, 0.4) is 0 Å². The van der Waals surface area contributed by atoms with Crippen LogP contribution in [0.15, 0.2) is 53.1 Å². The number of methoxy groups -OCH3 is 1. The lowest BCUT2D eigenvalue weighted by Crippen LogP contribution is -1.93. The molecule has 0 aliphatic rings. The number of ether oxygens (including phenoxy) is 2. The van der Waals surface area contributed by atoms with Crippen molar-refractivity contribution in [2.45, 2.75) is 0 Å². The van der Waals surface area contributed by atoms with Gasteiger partial charge >= 0.3 is 0 Å². The molecule has 5 heteroatoms. The van der Waals surface area contributed by atoms with Crippen LogP contribution in [0.5, 0.6) is 17.2 Å². The standard InChI is InChI=1S/C16H13BrN2O2/c1-20-11-2-4-12(5-3-11)21-15-7-6-14(18)13-8-10(17)9-19-16(13)15/h2-9H,18H2,1H3.